The summed E-state index contributed by atoms with van der Waals surface area (Å²) in [4.78, 5) is 4.53. The lowest BCUT2D eigenvalue weighted by Gasteiger charge is -2.32. The molecule has 0 amide bonds. The number of rotatable bonds is 2. The molecule has 3 nitrogen and oxygen atoms in total. The SMILES string of the molecule is Cc1c(B2OC(C)(C)C(C)(C)O2)ccnc1C1CC1. The Kier molecular flexibility index (Phi) is 2.81. The minimum absolute atomic E-state index is 0.273. The average molecular weight is 259 g/mol. The van der Waals surface area contributed by atoms with E-state index in [4.69, 9.17) is 9.31 Å². The number of hydrogen-bond acceptors (Lipinski definition) is 3. The van der Waals surface area contributed by atoms with Crippen LogP contribution in [0.5, 0.6) is 0 Å². The maximum absolute atomic E-state index is 6.14. The Morgan fingerprint density at radius 3 is 2.26 bits per heavy atom. The first kappa shape index (κ1) is 13.1. The van der Waals surface area contributed by atoms with Crippen molar-refractivity contribution >= 4 is 12.6 Å². The standard InChI is InChI=1S/C15H22BNO2/c1-10-12(8-9-17-13(10)11-6-7-11)16-18-14(2,3)15(4,5)19-16/h8-9,11H,6-7H2,1-5H3. The fraction of sp³-hybridized carbons (Fsp3) is 0.667. The molecule has 1 saturated heterocycles. The van der Waals surface area contributed by atoms with Crippen LogP contribution in [0.2, 0.25) is 0 Å². The Morgan fingerprint density at radius 1 is 1.16 bits per heavy atom. The third-order valence-corrected chi connectivity index (χ3v) is 4.76. The summed E-state index contributed by atoms with van der Waals surface area (Å²) in [6.07, 6.45) is 4.42. The number of aromatic nitrogens is 1. The van der Waals surface area contributed by atoms with E-state index in [-0.39, 0.29) is 18.3 Å². The van der Waals surface area contributed by atoms with Gasteiger partial charge in [0.2, 0.25) is 0 Å². The van der Waals surface area contributed by atoms with Crippen LogP contribution in [0.1, 0.15) is 57.7 Å². The Balaban J connectivity index is 1.94. The van der Waals surface area contributed by atoms with Crippen LogP contribution in [0.15, 0.2) is 12.3 Å². The second kappa shape index (κ2) is 4.06. The van der Waals surface area contributed by atoms with Gasteiger partial charge in [-0.1, -0.05) is 0 Å². The van der Waals surface area contributed by atoms with E-state index >= 15 is 0 Å². The zero-order chi connectivity index (χ0) is 13.8. The number of pyridine rings is 1. The van der Waals surface area contributed by atoms with Gasteiger partial charge in [0.15, 0.2) is 0 Å². The van der Waals surface area contributed by atoms with Crippen molar-refractivity contribution in [3.05, 3.63) is 23.5 Å². The van der Waals surface area contributed by atoms with Gasteiger partial charge in [0.1, 0.15) is 0 Å². The number of nitrogens with zero attached hydrogens (tertiary/aromatic N) is 1. The van der Waals surface area contributed by atoms with Gasteiger partial charge >= 0.3 is 7.12 Å². The van der Waals surface area contributed by atoms with E-state index in [0.717, 1.165) is 5.46 Å². The van der Waals surface area contributed by atoms with Crippen molar-refractivity contribution < 1.29 is 9.31 Å². The van der Waals surface area contributed by atoms with E-state index in [9.17, 15) is 0 Å². The van der Waals surface area contributed by atoms with Crippen molar-refractivity contribution in [3.63, 3.8) is 0 Å². The molecule has 1 aliphatic carbocycles. The van der Waals surface area contributed by atoms with Crippen LogP contribution in [-0.4, -0.2) is 23.3 Å². The molecule has 3 rings (SSSR count). The highest BCUT2D eigenvalue weighted by Crippen LogP contribution is 2.41. The van der Waals surface area contributed by atoms with E-state index < -0.39 is 0 Å². The maximum atomic E-state index is 6.14. The summed E-state index contributed by atoms with van der Waals surface area (Å²) in [5.74, 6) is 0.655. The summed E-state index contributed by atoms with van der Waals surface area (Å²) in [6.45, 7) is 10.5. The third kappa shape index (κ3) is 2.11. The van der Waals surface area contributed by atoms with Crippen LogP contribution in [0.4, 0.5) is 0 Å². The van der Waals surface area contributed by atoms with Crippen LogP contribution in [-0.2, 0) is 9.31 Å². The smallest absolute Gasteiger partial charge is 0.399 e. The Bertz CT molecular complexity index is 493. The van der Waals surface area contributed by atoms with Gasteiger partial charge in [0.25, 0.3) is 0 Å². The molecule has 4 heteroatoms. The molecule has 0 bridgehead atoms. The van der Waals surface area contributed by atoms with Crippen molar-refractivity contribution in [1.29, 1.82) is 0 Å². The highest BCUT2D eigenvalue weighted by Gasteiger charge is 2.52. The highest BCUT2D eigenvalue weighted by molar-refractivity contribution is 6.62. The number of hydrogen-bond donors (Lipinski definition) is 0. The van der Waals surface area contributed by atoms with Gasteiger partial charge in [-0.3, -0.25) is 4.98 Å². The maximum Gasteiger partial charge on any atom is 0.495 e. The highest BCUT2D eigenvalue weighted by atomic mass is 16.7. The van der Waals surface area contributed by atoms with E-state index in [2.05, 4.69) is 39.6 Å². The summed E-state index contributed by atoms with van der Waals surface area (Å²) in [6, 6.07) is 2.03. The van der Waals surface area contributed by atoms with Crippen LogP contribution < -0.4 is 5.46 Å². The second-order valence-electron chi connectivity index (χ2n) is 6.77. The topological polar surface area (TPSA) is 31.4 Å². The first-order chi connectivity index (χ1) is 8.82. The van der Waals surface area contributed by atoms with Gasteiger partial charge in [-0.2, -0.15) is 0 Å². The minimum atomic E-state index is -0.285. The van der Waals surface area contributed by atoms with Gasteiger partial charge in [0.05, 0.1) is 11.2 Å². The van der Waals surface area contributed by atoms with Crippen molar-refractivity contribution in [2.45, 2.75) is 64.6 Å². The van der Waals surface area contributed by atoms with E-state index in [1.54, 1.807) is 0 Å². The Labute approximate surface area is 115 Å². The molecule has 1 aliphatic heterocycles. The first-order valence-electron chi connectivity index (χ1n) is 7.13. The molecule has 102 valence electrons. The van der Waals surface area contributed by atoms with Crippen LogP contribution in [0.3, 0.4) is 0 Å². The van der Waals surface area contributed by atoms with Gasteiger partial charge in [-0.15, -0.1) is 0 Å². The van der Waals surface area contributed by atoms with E-state index in [1.807, 2.05) is 12.3 Å². The average Bonchev–Trinajstić information content (AvgIpc) is 3.08. The predicted molar refractivity (Wildman–Crippen MR) is 76.7 cm³/mol. The monoisotopic (exact) mass is 259 g/mol. The summed E-state index contributed by atoms with van der Waals surface area (Å²) < 4.78 is 12.3. The largest absolute Gasteiger partial charge is 0.495 e. The van der Waals surface area contributed by atoms with Crippen molar-refractivity contribution in [2.75, 3.05) is 0 Å². The van der Waals surface area contributed by atoms with Crippen LogP contribution in [0, 0.1) is 6.92 Å². The van der Waals surface area contributed by atoms with Gasteiger partial charge < -0.3 is 9.31 Å². The molecule has 2 heterocycles. The predicted octanol–water partition coefficient (Wildman–Crippen LogP) is 2.57. The normalized spacial score (nSPS) is 24.8. The molecule has 0 spiro atoms. The van der Waals surface area contributed by atoms with E-state index in [1.165, 1.54) is 24.1 Å². The van der Waals surface area contributed by atoms with Crippen molar-refractivity contribution in [3.8, 4) is 0 Å². The molecule has 2 aliphatic rings. The van der Waals surface area contributed by atoms with Gasteiger partial charge in [0, 0.05) is 17.8 Å². The summed E-state index contributed by atoms with van der Waals surface area (Å²) in [5.41, 5.74) is 3.03. The quantitative estimate of drug-likeness (QED) is 0.765. The molecule has 0 N–H and O–H groups in total. The molecule has 1 aromatic rings. The zero-order valence-electron chi connectivity index (χ0n) is 12.5. The summed E-state index contributed by atoms with van der Waals surface area (Å²) in [5, 5.41) is 0. The van der Waals surface area contributed by atoms with Gasteiger partial charge in [-0.05, 0) is 64.6 Å². The Morgan fingerprint density at radius 2 is 1.74 bits per heavy atom. The molecule has 2 fully saturated rings. The summed E-state index contributed by atoms with van der Waals surface area (Å²) >= 11 is 0. The fourth-order valence-corrected chi connectivity index (χ4v) is 2.56. The molecule has 0 aromatic carbocycles. The zero-order valence-corrected chi connectivity index (χ0v) is 12.5. The van der Waals surface area contributed by atoms with E-state index in [0.29, 0.717) is 5.92 Å². The minimum Gasteiger partial charge on any atom is -0.399 e. The molecule has 19 heavy (non-hydrogen) atoms. The van der Waals surface area contributed by atoms with Crippen molar-refractivity contribution in [2.24, 2.45) is 0 Å². The fourth-order valence-electron chi connectivity index (χ4n) is 2.56. The lowest BCUT2D eigenvalue weighted by atomic mass is 9.76. The molecule has 0 atom stereocenters. The first-order valence-corrected chi connectivity index (χ1v) is 7.13. The second-order valence-corrected chi connectivity index (χ2v) is 6.77. The molecular weight excluding hydrogens is 237 g/mol. The summed E-state index contributed by atoms with van der Waals surface area (Å²) in [7, 11) is -0.273. The lowest BCUT2D eigenvalue weighted by Crippen LogP contribution is -2.41. The third-order valence-electron chi connectivity index (χ3n) is 4.76. The molecule has 0 unspecified atom stereocenters. The molecule has 1 saturated carbocycles. The lowest BCUT2D eigenvalue weighted by molar-refractivity contribution is 0.00578. The molecular formula is C15H22BNO2. The molecule has 1 aromatic heterocycles. The van der Waals surface area contributed by atoms with Crippen molar-refractivity contribution in [1.82, 2.24) is 4.98 Å². The Hall–Kier alpha value is -0.865. The van der Waals surface area contributed by atoms with Crippen LogP contribution >= 0.6 is 0 Å². The van der Waals surface area contributed by atoms with Crippen LogP contribution in [0.25, 0.3) is 0 Å². The molecule has 0 radical (unpaired) electrons. The van der Waals surface area contributed by atoms with Gasteiger partial charge in [-0.25, -0.2) is 0 Å².